The molecule has 0 saturated carbocycles. The molecule has 0 atom stereocenters. The normalized spacial score (nSPS) is 11.5. The second-order valence-corrected chi connectivity index (χ2v) is 7.98. The standard InChI is InChI=1S/C14H12N2S3.C2H6/c1-6(2)10-5-9-12-11(15-19-16-12)8-4-7(3)17-13(8)14(9)18-10;1-2/h4-6H,1-3H3;1-2H3. The zero-order valence-electron chi connectivity index (χ0n) is 12.9. The smallest absolute Gasteiger partial charge is 0.114 e. The lowest BCUT2D eigenvalue weighted by atomic mass is 10.1. The summed E-state index contributed by atoms with van der Waals surface area (Å²) in [6.45, 7) is 10.7. The van der Waals surface area contributed by atoms with Crippen molar-refractivity contribution in [2.24, 2.45) is 0 Å². The first kappa shape index (κ1) is 14.9. The third kappa shape index (κ3) is 2.28. The highest BCUT2D eigenvalue weighted by Gasteiger charge is 2.17. The molecule has 0 amide bonds. The molecular weight excluding hydrogens is 316 g/mol. The number of aromatic nitrogens is 2. The lowest BCUT2D eigenvalue weighted by Crippen LogP contribution is -1.77. The summed E-state index contributed by atoms with van der Waals surface area (Å²) in [5, 5.41) is 2.56. The largest absolute Gasteiger partial charge is 0.172 e. The van der Waals surface area contributed by atoms with Crippen LogP contribution in [0.15, 0.2) is 12.1 Å². The number of fused-ring (bicyclic) bond motifs is 6. The molecular formula is C16H18N2S3. The van der Waals surface area contributed by atoms with E-state index in [9.17, 15) is 0 Å². The molecule has 0 unspecified atom stereocenters. The zero-order chi connectivity index (χ0) is 15.1. The topological polar surface area (TPSA) is 25.8 Å². The van der Waals surface area contributed by atoms with Crippen LogP contribution >= 0.6 is 34.4 Å². The van der Waals surface area contributed by atoms with Crippen molar-refractivity contribution in [1.82, 2.24) is 8.75 Å². The minimum Gasteiger partial charge on any atom is -0.172 e. The Morgan fingerprint density at radius 1 is 0.905 bits per heavy atom. The predicted octanol–water partition coefficient (Wildman–Crippen LogP) is 6.58. The molecule has 0 radical (unpaired) electrons. The molecule has 2 nitrogen and oxygen atoms in total. The van der Waals surface area contributed by atoms with Gasteiger partial charge in [-0.1, -0.05) is 27.7 Å². The molecule has 21 heavy (non-hydrogen) atoms. The van der Waals surface area contributed by atoms with Gasteiger partial charge in [0.25, 0.3) is 0 Å². The number of hydrogen-bond donors (Lipinski definition) is 0. The van der Waals surface area contributed by atoms with Gasteiger partial charge in [-0.05, 0) is 25.0 Å². The summed E-state index contributed by atoms with van der Waals surface area (Å²) < 4.78 is 11.8. The third-order valence-electron chi connectivity index (χ3n) is 3.38. The van der Waals surface area contributed by atoms with Gasteiger partial charge >= 0.3 is 0 Å². The van der Waals surface area contributed by atoms with Gasteiger partial charge in [-0.2, -0.15) is 8.75 Å². The Hall–Kier alpha value is -1.04. The molecule has 1 aromatic carbocycles. The van der Waals surface area contributed by atoms with Crippen LogP contribution in [0.5, 0.6) is 0 Å². The summed E-state index contributed by atoms with van der Waals surface area (Å²) in [6.07, 6.45) is 0. The summed E-state index contributed by atoms with van der Waals surface area (Å²) in [7, 11) is 0. The number of nitrogens with zero attached hydrogens (tertiary/aromatic N) is 2. The van der Waals surface area contributed by atoms with E-state index in [1.807, 2.05) is 36.5 Å². The second-order valence-electron chi connectivity index (χ2n) is 5.11. The minimum atomic E-state index is 0.565. The Kier molecular flexibility index (Phi) is 3.99. The third-order valence-corrected chi connectivity index (χ3v) is 6.56. The van der Waals surface area contributed by atoms with E-state index in [2.05, 4.69) is 41.7 Å². The highest BCUT2D eigenvalue weighted by atomic mass is 32.1. The summed E-state index contributed by atoms with van der Waals surface area (Å²) in [4.78, 5) is 2.78. The Morgan fingerprint density at radius 2 is 1.48 bits per heavy atom. The van der Waals surface area contributed by atoms with Crippen LogP contribution < -0.4 is 0 Å². The van der Waals surface area contributed by atoms with E-state index in [0.29, 0.717) is 5.92 Å². The van der Waals surface area contributed by atoms with Crippen molar-refractivity contribution < 1.29 is 0 Å². The monoisotopic (exact) mass is 334 g/mol. The van der Waals surface area contributed by atoms with Crippen molar-refractivity contribution in [3.8, 4) is 0 Å². The maximum absolute atomic E-state index is 4.52. The molecule has 0 spiro atoms. The average Bonchev–Trinajstić information content (AvgIpc) is 3.15. The van der Waals surface area contributed by atoms with Gasteiger partial charge in [0, 0.05) is 20.5 Å². The molecule has 3 heterocycles. The first-order valence-corrected chi connectivity index (χ1v) is 9.59. The molecule has 0 aliphatic rings. The van der Waals surface area contributed by atoms with Gasteiger partial charge in [0.2, 0.25) is 0 Å². The maximum Gasteiger partial charge on any atom is 0.114 e. The van der Waals surface area contributed by atoms with Crippen LogP contribution in [-0.2, 0) is 0 Å². The molecule has 0 aliphatic carbocycles. The molecule has 110 valence electrons. The van der Waals surface area contributed by atoms with Gasteiger partial charge in [0.1, 0.15) is 11.0 Å². The zero-order valence-corrected chi connectivity index (χ0v) is 15.3. The van der Waals surface area contributed by atoms with E-state index in [-0.39, 0.29) is 0 Å². The van der Waals surface area contributed by atoms with E-state index < -0.39 is 0 Å². The van der Waals surface area contributed by atoms with E-state index in [4.69, 9.17) is 0 Å². The van der Waals surface area contributed by atoms with E-state index in [0.717, 1.165) is 11.0 Å². The molecule has 0 saturated heterocycles. The fraction of sp³-hybridized carbons (Fsp3) is 0.375. The van der Waals surface area contributed by atoms with Gasteiger partial charge < -0.3 is 0 Å². The fourth-order valence-corrected chi connectivity index (χ4v) is 5.35. The highest BCUT2D eigenvalue weighted by molar-refractivity contribution is 7.27. The first-order valence-electron chi connectivity index (χ1n) is 7.23. The Balaban J connectivity index is 0.000000636. The number of hydrogen-bond acceptors (Lipinski definition) is 5. The Labute approximate surface area is 136 Å². The molecule has 4 aromatic rings. The Morgan fingerprint density at radius 3 is 2.10 bits per heavy atom. The summed E-state index contributed by atoms with van der Waals surface area (Å²) >= 11 is 5.10. The van der Waals surface area contributed by atoms with Crippen LogP contribution in [0.2, 0.25) is 0 Å². The number of thiophene rings is 2. The SMILES string of the molecule is CC.Cc1cc2c3nsnc3c3cc(C(C)C)sc3c2s1. The van der Waals surface area contributed by atoms with E-state index in [1.165, 1.54) is 41.7 Å². The second kappa shape index (κ2) is 5.63. The van der Waals surface area contributed by atoms with Crippen LogP contribution in [0.1, 0.15) is 43.4 Å². The molecule has 0 bridgehead atoms. The van der Waals surface area contributed by atoms with Crippen molar-refractivity contribution in [3.05, 3.63) is 21.9 Å². The lowest BCUT2D eigenvalue weighted by molar-refractivity contribution is 0.890. The van der Waals surface area contributed by atoms with Crippen molar-refractivity contribution >= 4 is 65.6 Å². The average molecular weight is 335 g/mol. The highest BCUT2D eigenvalue weighted by Crippen LogP contribution is 2.43. The number of rotatable bonds is 1. The van der Waals surface area contributed by atoms with Crippen molar-refractivity contribution in [2.75, 3.05) is 0 Å². The molecule has 5 heteroatoms. The van der Waals surface area contributed by atoms with Crippen molar-refractivity contribution in [2.45, 2.75) is 40.5 Å². The summed E-state index contributed by atoms with van der Waals surface area (Å²) in [5.41, 5.74) is 2.15. The van der Waals surface area contributed by atoms with Gasteiger partial charge in [0.15, 0.2) is 0 Å². The molecule has 0 aliphatic heterocycles. The minimum absolute atomic E-state index is 0.565. The van der Waals surface area contributed by atoms with Crippen LogP contribution in [0.3, 0.4) is 0 Å². The van der Waals surface area contributed by atoms with Gasteiger partial charge in [-0.3, -0.25) is 0 Å². The summed E-state index contributed by atoms with van der Waals surface area (Å²) in [6, 6.07) is 4.56. The first-order chi connectivity index (χ1) is 10.1. The van der Waals surface area contributed by atoms with Crippen LogP contribution in [0.4, 0.5) is 0 Å². The van der Waals surface area contributed by atoms with Crippen LogP contribution in [-0.4, -0.2) is 8.75 Å². The van der Waals surface area contributed by atoms with E-state index in [1.54, 1.807) is 0 Å². The van der Waals surface area contributed by atoms with Crippen molar-refractivity contribution in [3.63, 3.8) is 0 Å². The molecule has 0 fully saturated rings. The van der Waals surface area contributed by atoms with Gasteiger partial charge in [-0.15, -0.1) is 22.7 Å². The molecule has 3 aromatic heterocycles. The maximum atomic E-state index is 4.52. The predicted molar refractivity (Wildman–Crippen MR) is 98.4 cm³/mol. The molecule has 0 N–H and O–H groups in total. The van der Waals surface area contributed by atoms with Gasteiger partial charge in [0.05, 0.1) is 21.1 Å². The van der Waals surface area contributed by atoms with Gasteiger partial charge in [-0.25, -0.2) is 0 Å². The van der Waals surface area contributed by atoms with Crippen molar-refractivity contribution in [1.29, 1.82) is 0 Å². The fourth-order valence-electron chi connectivity index (χ4n) is 2.44. The van der Waals surface area contributed by atoms with E-state index >= 15 is 0 Å². The molecule has 4 rings (SSSR count). The quantitative estimate of drug-likeness (QED) is 0.393. The van der Waals surface area contributed by atoms with Crippen LogP contribution in [0.25, 0.3) is 31.2 Å². The Bertz CT molecular complexity index is 912. The summed E-state index contributed by atoms with van der Waals surface area (Å²) in [5.74, 6) is 0.565. The lowest BCUT2D eigenvalue weighted by Gasteiger charge is -1.96. The number of aryl methyl sites for hydroxylation is 1. The van der Waals surface area contributed by atoms with Crippen LogP contribution in [0, 0.1) is 6.92 Å². The number of benzene rings is 1.